The van der Waals surface area contributed by atoms with Gasteiger partial charge in [-0.25, -0.2) is 0 Å². The fraction of sp³-hybridized carbons (Fsp3) is 0.933. The van der Waals surface area contributed by atoms with Crippen molar-refractivity contribution in [1.29, 1.82) is 0 Å². The van der Waals surface area contributed by atoms with Gasteiger partial charge in [-0.15, -0.1) is 0 Å². The van der Waals surface area contributed by atoms with E-state index in [2.05, 4.69) is 25.7 Å². The fourth-order valence-corrected chi connectivity index (χ4v) is 3.33. The standard InChI is InChI=1S/C15H27NO/c1-11-4-5-15(17)14(8-11)10-16-7-6-12(2)13(3)9-16/h11-14H,4-10H2,1-3H3. The van der Waals surface area contributed by atoms with Crippen molar-refractivity contribution in [1.82, 2.24) is 4.90 Å². The molecule has 0 radical (unpaired) electrons. The monoisotopic (exact) mass is 237 g/mol. The molecule has 0 aromatic carbocycles. The van der Waals surface area contributed by atoms with Gasteiger partial charge >= 0.3 is 0 Å². The first-order valence-electron chi connectivity index (χ1n) is 7.31. The van der Waals surface area contributed by atoms with Gasteiger partial charge in [0, 0.05) is 25.4 Å². The third kappa shape index (κ3) is 3.31. The molecule has 0 amide bonds. The molecule has 1 saturated carbocycles. The molecule has 1 aliphatic heterocycles. The third-order valence-corrected chi connectivity index (χ3v) is 4.92. The highest BCUT2D eigenvalue weighted by atomic mass is 16.1. The van der Waals surface area contributed by atoms with Gasteiger partial charge in [-0.05, 0) is 43.6 Å². The summed E-state index contributed by atoms with van der Waals surface area (Å²) in [7, 11) is 0. The Kier molecular flexibility index (Phi) is 4.24. The van der Waals surface area contributed by atoms with Crippen molar-refractivity contribution in [3.05, 3.63) is 0 Å². The van der Waals surface area contributed by atoms with Crippen LogP contribution in [0.2, 0.25) is 0 Å². The lowest BCUT2D eigenvalue weighted by Crippen LogP contribution is -2.43. The minimum atomic E-state index is 0.333. The quantitative estimate of drug-likeness (QED) is 0.736. The first-order chi connectivity index (χ1) is 8.06. The fourth-order valence-electron chi connectivity index (χ4n) is 3.33. The van der Waals surface area contributed by atoms with Crippen LogP contribution in [0.3, 0.4) is 0 Å². The van der Waals surface area contributed by atoms with Crippen LogP contribution in [-0.4, -0.2) is 30.3 Å². The summed E-state index contributed by atoms with van der Waals surface area (Å²) in [6.45, 7) is 10.4. The summed E-state index contributed by atoms with van der Waals surface area (Å²) in [4.78, 5) is 14.5. The third-order valence-electron chi connectivity index (χ3n) is 4.92. The molecule has 1 aliphatic carbocycles. The number of carbonyl (C=O) groups excluding carboxylic acids is 1. The van der Waals surface area contributed by atoms with Gasteiger partial charge in [0.2, 0.25) is 0 Å². The van der Waals surface area contributed by atoms with E-state index in [1.165, 1.54) is 19.5 Å². The number of piperidine rings is 1. The van der Waals surface area contributed by atoms with Crippen LogP contribution >= 0.6 is 0 Å². The number of hydrogen-bond acceptors (Lipinski definition) is 2. The minimum absolute atomic E-state index is 0.333. The summed E-state index contributed by atoms with van der Waals surface area (Å²) in [6.07, 6.45) is 4.37. The summed E-state index contributed by atoms with van der Waals surface area (Å²) >= 11 is 0. The molecule has 2 nitrogen and oxygen atoms in total. The predicted molar refractivity (Wildman–Crippen MR) is 70.9 cm³/mol. The lowest BCUT2D eigenvalue weighted by atomic mass is 9.80. The number of likely N-dealkylation sites (tertiary alicyclic amines) is 1. The van der Waals surface area contributed by atoms with Gasteiger partial charge in [-0.1, -0.05) is 20.8 Å². The van der Waals surface area contributed by atoms with E-state index in [1.54, 1.807) is 0 Å². The normalized spacial score (nSPS) is 40.5. The van der Waals surface area contributed by atoms with Crippen LogP contribution < -0.4 is 0 Å². The lowest BCUT2D eigenvalue weighted by Gasteiger charge is -2.38. The zero-order valence-electron chi connectivity index (χ0n) is 11.6. The average Bonchev–Trinajstić information content (AvgIpc) is 2.29. The Bertz CT molecular complexity index is 276. The van der Waals surface area contributed by atoms with E-state index in [-0.39, 0.29) is 0 Å². The second kappa shape index (κ2) is 5.51. The molecule has 2 aliphatic rings. The minimum Gasteiger partial charge on any atom is -0.302 e. The van der Waals surface area contributed by atoms with E-state index in [4.69, 9.17) is 0 Å². The highest BCUT2D eigenvalue weighted by molar-refractivity contribution is 5.81. The molecule has 2 fully saturated rings. The second-order valence-electron chi connectivity index (χ2n) is 6.55. The van der Waals surface area contributed by atoms with Crippen LogP contribution in [0.25, 0.3) is 0 Å². The lowest BCUT2D eigenvalue weighted by molar-refractivity contribution is -0.126. The first kappa shape index (κ1) is 13.1. The first-order valence-corrected chi connectivity index (χ1v) is 7.31. The van der Waals surface area contributed by atoms with E-state index in [0.717, 1.165) is 43.6 Å². The van der Waals surface area contributed by atoms with Crippen molar-refractivity contribution in [2.75, 3.05) is 19.6 Å². The summed E-state index contributed by atoms with van der Waals surface area (Å²) in [6, 6.07) is 0. The average molecular weight is 237 g/mol. The van der Waals surface area contributed by atoms with Crippen LogP contribution in [-0.2, 0) is 4.79 Å². The number of hydrogen-bond donors (Lipinski definition) is 0. The Morgan fingerprint density at radius 2 is 1.94 bits per heavy atom. The topological polar surface area (TPSA) is 20.3 Å². The van der Waals surface area contributed by atoms with Crippen molar-refractivity contribution in [2.45, 2.75) is 46.5 Å². The number of Topliss-reactive ketones (excluding diaryl/α,β-unsaturated/α-hetero) is 1. The predicted octanol–water partition coefficient (Wildman–Crippen LogP) is 2.97. The van der Waals surface area contributed by atoms with Gasteiger partial charge in [0.05, 0.1) is 0 Å². The molecule has 1 heterocycles. The van der Waals surface area contributed by atoms with Crippen LogP contribution in [0.5, 0.6) is 0 Å². The molecule has 0 aromatic heterocycles. The summed E-state index contributed by atoms with van der Waals surface area (Å²) < 4.78 is 0. The Hall–Kier alpha value is -0.370. The van der Waals surface area contributed by atoms with Gasteiger partial charge < -0.3 is 4.90 Å². The number of nitrogens with zero attached hydrogens (tertiary/aromatic N) is 1. The van der Waals surface area contributed by atoms with Gasteiger partial charge in [-0.3, -0.25) is 4.79 Å². The van der Waals surface area contributed by atoms with Gasteiger partial charge in [0.1, 0.15) is 5.78 Å². The molecular formula is C15H27NO. The SMILES string of the molecule is CC1CCC(=O)C(CN2CCC(C)C(C)C2)C1. The highest BCUT2D eigenvalue weighted by Gasteiger charge is 2.30. The Balaban J connectivity index is 1.85. The van der Waals surface area contributed by atoms with E-state index in [1.807, 2.05) is 0 Å². The number of rotatable bonds is 2. The van der Waals surface area contributed by atoms with Crippen molar-refractivity contribution >= 4 is 5.78 Å². The van der Waals surface area contributed by atoms with Crippen LogP contribution in [0.4, 0.5) is 0 Å². The summed E-state index contributed by atoms with van der Waals surface area (Å²) in [5.41, 5.74) is 0. The molecule has 17 heavy (non-hydrogen) atoms. The van der Waals surface area contributed by atoms with E-state index >= 15 is 0 Å². The summed E-state index contributed by atoms with van der Waals surface area (Å²) in [5, 5.41) is 0. The van der Waals surface area contributed by atoms with Gasteiger partial charge in [0.15, 0.2) is 0 Å². The number of ketones is 1. The van der Waals surface area contributed by atoms with Crippen LogP contribution in [0, 0.1) is 23.7 Å². The maximum atomic E-state index is 11.9. The van der Waals surface area contributed by atoms with Crippen molar-refractivity contribution in [3.63, 3.8) is 0 Å². The molecule has 0 bridgehead atoms. The van der Waals surface area contributed by atoms with Crippen LogP contribution in [0.1, 0.15) is 46.5 Å². The molecule has 4 unspecified atom stereocenters. The van der Waals surface area contributed by atoms with Gasteiger partial charge in [-0.2, -0.15) is 0 Å². The Morgan fingerprint density at radius 3 is 2.65 bits per heavy atom. The zero-order valence-corrected chi connectivity index (χ0v) is 11.6. The van der Waals surface area contributed by atoms with E-state index in [9.17, 15) is 4.79 Å². The van der Waals surface area contributed by atoms with Crippen molar-refractivity contribution in [3.8, 4) is 0 Å². The maximum Gasteiger partial charge on any atom is 0.137 e. The molecule has 0 spiro atoms. The summed E-state index contributed by atoms with van der Waals surface area (Å²) in [5.74, 6) is 3.25. The van der Waals surface area contributed by atoms with E-state index < -0.39 is 0 Å². The largest absolute Gasteiger partial charge is 0.302 e. The van der Waals surface area contributed by atoms with Crippen LogP contribution in [0.15, 0.2) is 0 Å². The zero-order chi connectivity index (χ0) is 12.4. The van der Waals surface area contributed by atoms with E-state index in [0.29, 0.717) is 11.7 Å². The molecule has 98 valence electrons. The van der Waals surface area contributed by atoms with Crippen molar-refractivity contribution < 1.29 is 4.79 Å². The molecular weight excluding hydrogens is 210 g/mol. The second-order valence-corrected chi connectivity index (χ2v) is 6.55. The highest BCUT2D eigenvalue weighted by Crippen LogP contribution is 2.29. The Labute approximate surface area is 106 Å². The molecule has 1 saturated heterocycles. The Morgan fingerprint density at radius 1 is 1.18 bits per heavy atom. The molecule has 4 atom stereocenters. The smallest absolute Gasteiger partial charge is 0.137 e. The maximum absolute atomic E-state index is 11.9. The molecule has 0 aromatic rings. The molecule has 2 rings (SSSR count). The molecule has 2 heteroatoms. The number of carbonyl (C=O) groups is 1. The van der Waals surface area contributed by atoms with Gasteiger partial charge in [0.25, 0.3) is 0 Å². The van der Waals surface area contributed by atoms with Crippen molar-refractivity contribution in [2.24, 2.45) is 23.7 Å². The molecule has 0 N–H and O–H groups in total.